The number of nitrogens with two attached hydrogens (primary N) is 1. The molecule has 5 nitrogen and oxygen atoms in total. The number of rotatable bonds is 4. The molecule has 1 aromatic rings. The van der Waals surface area contributed by atoms with Crippen LogP contribution in [0.5, 0.6) is 0 Å². The van der Waals surface area contributed by atoms with E-state index in [-0.39, 0.29) is 5.91 Å². The Balaban J connectivity index is 1.85. The molecule has 3 N–H and O–H groups in total. The summed E-state index contributed by atoms with van der Waals surface area (Å²) in [6.07, 6.45) is 6.45. The van der Waals surface area contributed by atoms with Crippen molar-refractivity contribution in [3.63, 3.8) is 0 Å². The average Bonchev–Trinajstić information content (AvgIpc) is 2.96. The molecule has 1 aromatic heterocycles. The second-order valence-corrected chi connectivity index (χ2v) is 3.99. The first kappa shape index (κ1) is 11.2. The number of nitrogens with one attached hydrogen (secondary N) is 1. The first-order valence-corrected chi connectivity index (χ1v) is 5.49. The van der Waals surface area contributed by atoms with E-state index in [0.29, 0.717) is 24.0 Å². The quantitative estimate of drug-likeness (QED) is 0.459. The van der Waals surface area contributed by atoms with Crippen LogP contribution in [0.3, 0.4) is 0 Å². The van der Waals surface area contributed by atoms with E-state index in [1.807, 2.05) is 0 Å². The van der Waals surface area contributed by atoms with Crippen molar-refractivity contribution in [2.45, 2.75) is 38.4 Å². The van der Waals surface area contributed by atoms with Gasteiger partial charge in [0.05, 0.1) is 11.7 Å². The summed E-state index contributed by atoms with van der Waals surface area (Å²) < 4.78 is 10.9. The SMILES string of the molecule is NNC(=O)c1coc(COC2CCCC2)c1. The van der Waals surface area contributed by atoms with Gasteiger partial charge in [-0.15, -0.1) is 0 Å². The van der Waals surface area contributed by atoms with Crippen LogP contribution < -0.4 is 11.3 Å². The third kappa shape index (κ3) is 2.62. The van der Waals surface area contributed by atoms with Crippen LogP contribution in [0.15, 0.2) is 16.7 Å². The lowest BCUT2D eigenvalue weighted by Gasteiger charge is -2.08. The Morgan fingerprint density at radius 2 is 2.31 bits per heavy atom. The summed E-state index contributed by atoms with van der Waals surface area (Å²) in [5.74, 6) is 5.32. The van der Waals surface area contributed by atoms with Gasteiger partial charge in [-0.25, -0.2) is 5.84 Å². The second kappa shape index (κ2) is 5.14. The van der Waals surface area contributed by atoms with Crippen LogP contribution in [-0.2, 0) is 11.3 Å². The van der Waals surface area contributed by atoms with Gasteiger partial charge in [0.2, 0.25) is 0 Å². The van der Waals surface area contributed by atoms with Gasteiger partial charge in [0.15, 0.2) is 0 Å². The highest BCUT2D eigenvalue weighted by atomic mass is 16.5. The van der Waals surface area contributed by atoms with Crippen LogP contribution in [0, 0.1) is 0 Å². The number of hydrogen-bond acceptors (Lipinski definition) is 4. The third-order valence-corrected chi connectivity index (χ3v) is 2.81. The zero-order valence-electron chi connectivity index (χ0n) is 9.07. The molecule has 1 aliphatic carbocycles. The van der Waals surface area contributed by atoms with E-state index in [2.05, 4.69) is 5.43 Å². The Hall–Kier alpha value is -1.33. The fourth-order valence-corrected chi connectivity index (χ4v) is 1.91. The maximum atomic E-state index is 11.2. The summed E-state index contributed by atoms with van der Waals surface area (Å²) in [4.78, 5) is 11.2. The van der Waals surface area contributed by atoms with Crippen LogP contribution in [0.25, 0.3) is 0 Å². The Kier molecular flexibility index (Phi) is 3.58. The smallest absolute Gasteiger partial charge is 0.268 e. The van der Waals surface area contributed by atoms with Gasteiger partial charge in [0, 0.05) is 0 Å². The average molecular weight is 224 g/mol. The van der Waals surface area contributed by atoms with Crippen molar-refractivity contribution < 1.29 is 13.9 Å². The van der Waals surface area contributed by atoms with Gasteiger partial charge in [-0.1, -0.05) is 12.8 Å². The highest BCUT2D eigenvalue weighted by Gasteiger charge is 2.16. The van der Waals surface area contributed by atoms with Crippen molar-refractivity contribution in [1.29, 1.82) is 0 Å². The number of ether oxygens (including phenoxy) is 1. The molecule has 0 unspecified atom stereocenters. The maximum Gasteiger partial charge on any atom is 0.268 e. The van der Waals surface area contributed by atoms with Crippen LogP contribution in [0.4, 0.5) is 0 Å². The maximum absolute atomic E-state index is 11.2. The monoisotopic (exact) mass is 224 g/mol. The van der Waals surface area contributed by atoms with Crippen molar-refractivity contribution in [3.8, 4) is 0 Å². The minimum Gasteiger partial charge on any atom is -0.466 e. The van der Waals surface area contributed by atoms with Crippen LogP contribution >= 0.6 is 0 Å². The van der Waals surface area contributed by atoms with Gasteiger partial charge in [0.25, 0.3) is 5.91 Å². The van der Waals surface area contributed by atoms with Gasteiger partial charge >= 0.3 is 0 Å². The molecule has 88 valence electrons. The summed E-state index contributed by atoms with van der Waals surface area (Å²) in [6.45, 7) is 0.419. The Bertz CT molecular complexity index is 356. The van der Waals surface area contributed by atoms with Crippen molar-refractivity contribution in [2.24, 2.45) is 5.84 Å². The zero-order valence-corrected chi connectivity index (χ0v) is 9.07. The van der Waals surface area contributed by atoms with E-state index in [1.165, 1.54) is 19.1 Å². The van der Waals surface area contributed by atoms with Crippen molar-refractivity contribution in [2.75, 3.05) is 0 Å². The topological polar surface area (TPSA) is 77.5 Å². The lowest BCUT2D eigenvalue weighted by atomic mass is 10.3. The van der Waals surface area contributed by atoms with E-state index in [1.54, 1.807) is 6.07 Å². The molecule has 0 radical (unpaired) electrons. The molecule has 1 fully saturated rings. The standard InChI is InChI=1S/C11H16N2O3/c12-13-11(14)8-5-10(15-6-8)7-16-9-3-1-2-4-9/h5-6,9H,1-4,7,12H2,(H,13,14). The van der Waals surface area contributed by atoms with Gasteiger partial charge in [0.1, 0.15) is 18.6 Å². The number of amides is 1. The van der Waals surface area contributed by atoms with Crippen molar-refractivity contribution in [3.05, 3.63) is 23.7 Å². The summed E-state index contributed by atoms with van der Waals surface area (Å²) in [5, 5.41) is 0. The van der Waals surface area contributed by atoms with Gasteiger partial charge in [-0.05, 0) is 18.9 Å². The largest absolute Gasteiger partial charge is 0.466 e. The molecule has 1 saturated carbocycles. The fraction of sp³-hybridized carbons (Fsp3) is 0.545. The minimum absolute atomic E-state index is 0.344. The van der Waals surface area contributed by atoms with Crippen molar-refractivity contribution in [1.82, 2.24) is 5.43 Å². The first-order valence-electron chi connectivity index (χ1n) is 5.49. The van der Waals surface area contributed by atoms with E-state index < -0.39 is 0 Å². The van der Waals surface area contributed by atoms with Crippen LogP contribution in [0.1, 0.15) is 41.8 Å². The number of carbonyl (C=O) groups is 1. The van der Waals surface area contributed by atoms with Gasteiger partial charge in [-0.3, -0.25) is 10.2 Å². The Morgan fingerprint density at radius 3 is 3.00 bits per heavy atom. The molecule has 1 aliphatic rings. The molecule has 1 amide bonds. The summed E-state index contributed by atoms with van der Waals surface area (Å²) in [6, 6.07) is 1.65. The normalized spacial score (nSPS) is 16.6. The molecule has 0 saturated heterocycles. The predicted octanol–water partition coefficient (Wildman–Crippen LogP) is 1.34. The Labute approximate surface area is 93.9 Å². The van der Waals surface area contributed by atoms with E-state index in [0.717, 1.165) is 12.8 Å². The second-order valence-electron chi connectivity index (χ2n) is 3.99. The summed E-state index contributed by atoms with van der Waals surface area (Å²) >= 11 is 0. The van der Waals surface area contributed by atoms with E-state index in [4.69, 9.17) is 15.0 Å². The molecule has 5 heteroatoms. The zero-order chi connectivity index (χ0) is 11.4. The lowest BCUT2D eigenvalue weighted by molar-refractivity contribution is 0.0357. The van der Waals surface area contributed by atoms with Gasteiger partial charge in [-0.2, -0.15) is 0 Å². The summed E-state index contributed by atoms with van der Waals surface area (Å²) in [5.41, 5.74) is 2.48. The highest BCUT2D eigenvalue weighted by Crippen LogP contribution is 2.22. The molecule has 0 aliphatic heterocycles. The van der Waals surface area contributed by atoms with Crippen molar-refractivity contribution >= 4 is 5.91 Å². The molecule has 0 spiro atoms. The number of nitrogen functional groups attached to an aromatic ring is 1. The van der Waals surface area contributed by atoms with E-state index >= 15 is 0 Å². The third-order valence-electron chi connectivity index (χ3n) is 2.81. The fourth-order valence-electron chi connectivity index (χ4n) is 1.91. The highest BCUT2D eigenvalue weighted by molar-refractivity contribution is 5.93. The van der Waals surface area contributed by atoms with Crippen LogP contribution in [0.2, 0.25) is 0 Å². The molecular formula is C11H16N2O3. The van der Waals surface area contributed by atoms with Gasteiger partial charge < -0.3 is 9.15 Å². The minimum atomic E-state index is -0.351. The first-order chi connectivity index (χ1) is 7.79. The number of furan rings is 1. The number of hydrogen-bond donors (Lipinski definition) is 2. The Morgan fingerprint density at radius 1 is 1.56 bits per heavy atom. The number of carbonyl (C=O) groups excluding carboxylic acids is 1. The molecule has 2 rings (SSSR count). The lowest BCUT2D eigenvalue weighted by Crippen LogP contribution is -2.29. The molecule has 1 heterocycles. The molecule has 0 bridgehead atoms. The van der Waals surface area contributed by atoms with E-state index in [9.17, 15) is 4.79 Å². The van der Waals surface area contributed by atoms with Crippen LogP contribution in [-0.4, -0.2) is 12.0 Å². The number of hydrazine groups is 1. The summed E-state index contributed by atoms with van der Waals surface area (Å²) in [7, 11) is 0. The molecule has 0 atom stereocenters. The predicted molar refractivity (Wildman–Crippen MR) is 57.4 cm³/mol. The molecule has 16 heavy (non-hydrogen) atoms. The molecular weight excluding hydrogens is 208 g/mol. The molecule has 0 aromatic carbocycles.